The van der Waals surface area contributed by atoms with Crippen molar-refractivity contribution in [3.63, 3.8) is 0 Å². The number of rotatable bonds is 45. The second-order valence-corrected chi connectivity index (χ2v) is 30.8. The number of aromatic amines is 1. The molecule has 2 aliphatic heterocycles. The van der Waals surface area contributed by atoms with Crippen LogP contribution in [0.4, 0.5) is 0 Å². The Morgan fingerprint density at radius 2 is 1.21 bits per heavy atom. The average molecular weight is 1690 g/mol. The van der Waals surface area contributed by atoms with Gasteiger partial charge in [0.2, 0.25) is 88.6 Å². The number of nitrogens with zero attached hydrogens (tertiary/aromatic N) is 2. The number of para-hydroxylation sites is 1. The number of carbonyl (C=O) groups is 15. The highest BCUT2D eigenvalue weighted by molar-refractivity contribution is 6.00. The van der Waals surface area contributed by atoms with Crippen molar-refractivity contribution in [1.82, 2.24) is 73.7 Å². The Balaban J connectivity index is 1.39. The summed E-state index contributed by atoms with van der Waals surface area (Å²) in [5.41, 5.74) is 36.5. The second kappa shape index (κ2) is 53.6. The Kier molecular flexibility index (Phi) is 44.5. The molecule has 39 nitrogen and oxygen atoms in total. The molecule has 39 heteroatoms. The van der Waals surface area contributed by atoms with Crippen molar-refractivity contribution in [2.45, 2.75) is 285 Å². The van der Waals surface area contributed by atoms with Gasteiger partial charge in [-0.05, 0) is 88.3 Å². The van der Waals surface area contributed by atoms with E-state index in [4.69, 9.17) is 34.4 Å². The molecule has 14 atom stereocenters. The van der Waals surface area contributed by atoms with Crippen molar-refractivity contribution < 1.29 is 87.2 Å². The molecule has 0 spiro atoms. The molecule has 3 aromatic rings. The first kappa shape index (κ1) is 99.7. The third kappa shape index (κ3) is 35.6. The van der Waals surface area contributed by atoms with E-state index in [0.29, 0.717) is 24.0 Å². The van der Waals surface area contributed by atoms with Gasteiger partial charge in [0.1, 0.15) is 66.5 Å². The zero-order valence-electron chi connectivity index (χ0n) is 69.2. The number of aliphatic imine (C=N–C) groups is 1. The summed E-state index contributed by atoms with van der Waals surface area (Å²) in [6, 6.07) is -3.09. The summed E-state index contributed by atoms with van der Waals surface area (Å²) in [7, 11) is 0. The summed E-state index contributed by atoms with van der Waals surface area (Å²) < 4.78 is 0. The van der Waals surface area contributed by atoms with Crippen LogP contribution < -0.4 is 98.2 Å². The van der Waals surface area contributed by atoms with Gasteiger partial charge in [-0.15, -0.1) is 0 Å². The van der Waals surface area contributed by atoms with E-state index in [9.17, 15) is 82.4 Å². The maximum atomic E-state index is 15.3. The number of aliphatic hydroxyl groups excluding tert-OH is 3. The van der Waals surface area contributed by atoms with Crippen LogP contribution in [0.2, 0.25) is 0 Å². The summed E-state index contributed by atoms with van der Waals surface area (Å²) in [5, 5.41) is 64.2. The standard InChI is InChI=1S/C81H129N21O18/c1-4-6-8-9-10-11-12-13-14-15-19-32-66(107)91-45-68(109)92-63(47-103)77(117)95-58(33-35-65(84)106)73(113)99-62(41-51(83)43-82)76(116)101-69(48(3)104)79(119)96-56(28-7-5-2)71(111)97-59-34-36-67(108)88-37-23-22-30-55(70(85)110)93-75(115)61(40-50-44-90-54-29-21-20-27-53(50)54)98-72(112)57(31-24-38-89-81(86)87)94-74(114)60(39-49-25-17-16-18-26-49)100-78(118)64-42-52(105)46-102(64)80(59)120/h16-18,20-21,25-27,29,44,48,51-52,55-64,69,90,103-105H,4-15,19,22-24,28,30-43,45-47,82-83H2,1-3H3,(H2,84,106)(H2,85,110)(H,88,108)(H,91,107)(H,92,109)(H,93,115)(H,94,114)(H,95,117)(H,96,119)(H,97,111)(H,98,112)(H,99,113)(H,100,118)(H,101,116)(H4,86,87,89)/t48?,51?,52-,55+,56+,57+,58-,59+,60-,61+,62+,63+,64+,69+/m1/s1. The molecule has 120 heavy (non-hydrogen) atoms. The number of amides is 15. The summed E-state index contributed by atoms with van der Waals surface area (Å²) >= 11 is 0. The molecule has 28 N–H and O–H groups in total. The van der Waals surface area contributed by atoms with Crippen LogP contribution in [0.5, 0.6) is 0 Å². The van der Waals surface area contributed by atoms with Gasteiger partial charge in [-0.1, -0.05) is 139 Å². The molecule has 666 valence electrons. The van der Waals surface area contributed by atoms with E-state index in [0.717, 1.165) is 48.4 Å². The Morgan fingerprint density at radius 3 is 1.86 bits per heavy atom. The smallest absolute Gasteiger partial charge is 0.245 e. The Hall–Kier alpha value is -10.9. The van der Waals surface area contributed by atoms with Crippen LogP contribution in [0.25, 0.3) is 10.9 Å². The van der Waals surface area contributed by atoms with E-state index < -0.39 is 232 Å². The van der Waals surface area contributed by atoms with Gasteiger partial charge in [0.05, 0.1) is 25.4 Å². The summed E-state index contributed by atoms with van der Waals surface area (Å²) in [5.74, 6) is -14.2. The molecule has 2 fully saturated rings. The van der Waals surface area contributed by atoms with Gasteiger partial charge in [-0.2, -0.15) is 0 Å². The highest BCUT2D eigenvalue weighted by atomic mass is 16.3. The predicted octanol–water partition coefficient (Wildman–Crippen LogP) is -3.30. The first-order chi connectivity index (χ1) is 57.4. The fraction of sp³-hybridized carbons (Fsp3) is 0.630. The Morgan fingerprint density at radius 1 is 0.617 bits per heavy atom. The van der Waals surface area contributed by atoms with Crippen LogP contribution in [0.1, 0.15) is 199 Å². The van der Waals surface area contributed by atoms with E-state index in [2.05, 4.69) is 80.7 Å². The van der Waals surface area contributed by atoms with Crippen LogP contribution in [0.15, 0.2) is 65.8 Å². The number of benzene rings is 2. The van der Waals surface area contributed by atoms with E-state index in [1.165, 1.54) is 38.5 Å². The number of carbonyl (C=O) groups excluding carboxylic acids is 15. The summed E-state index contributed by atoms with van der Waals surface area (Å²) in [6.45, 7) is 2.68. The van der Waals surface area contributed by atoms with E-state index >= 15 is 4.79 Å². The number of unbranched alkanes of at least 4 members (excludes halogenated alkanes) is 11. The maximum Gasteiger partial charge on any atom is 0.245 e. The summed E-state index contributed by atoms with van der Waals surface area (Å²) in [6.07, 6.45) is 8.13. The number of hydrogen-bond acceptors (Lipinski definition) is 21. The SMILES string of the molecule is CCCCCCCCCCCCCC(=O)NCC(=O)N[C@@H](CO)C(=O)N[C@H](CCC(N)=O)C(=O)N[C@@H](CC(N)CN)C(=O)N[C@H](C(=O)N[C@@H](CCCC)C(=O)N[C@H]1CCC(=O)NCCCC[C@@H](C(N)=O)NC(=O)[C@H](Cc2c[nH]c3ccccc23)NC(=O)[C@H](CCCN=C(N)N)NC(=O)[C@@H](Cc2ccccc2)NC(=O)[C@@H]2C[C@@H](O)CN2C1=O)C(C)O. The minimum atomic E-state index is -1.94. The molecule has 2 saturated heterocycles. The van der Waals surface area contributed by atoms with Gasteiger partial charge in [0, 0.05) is 87.8 Å². The summed E-state index contributed by atoms with van der Waals surface area (Å²) in [4.78, 5) is 219. The number of guanidine groups is 1. The van der Waals surface area contributed by atoms with Crippen molar-refractivity contribution in [3.8, 4) is 0 Å². The minimum absolute atomic E-state index is 0.0107. The highest BCUT2D eigenvalue weighted by Crippen LogP contribution is 2.24. The Labute approximate surface area is 699 Å². The molecule has 0 saturated carbocycles. The van der Waals surface area contributed by atoms with Gasteiger partial charge in [0.15, 0.2) is 5.96 Å². The normalized spacial score (nSPS) is 20.3. The van der Waals surface area contributed by atoms with Crippen molar-refractivity contribution in [2.75, 3.05) is 39.3 Å². The number of H-pyrrole nitrogens is 1. The number of aromatic nitrogens is 1. The molecule has 2 aromatic carbocycles. The fourth-order valence-corrected chi connectivity index (χ4v) is 14.0. The lowest BCUT2D eigenvalue weighted by atomic mass is 10.0. The topological polar surface area (TPSA) is 649 Å². The molecular formula is C81H129N21O18. The van der Waals surface area contributed by atoms with E-state index in [1.807, 2.05) is 12.1 Å². The van der Waals surface area contributed by atoms with Gasteiger partial charge < -0.3 is 123 Å². The number of primary amides is 2. The van der Waals surface area contributed by atoms with Gasteiger partial charge in [-0.25, -0.2) is 0 Å². The molecule has 0 aliphatic carbocycles. The van der Waals surface area contributed by atoms with Crippen molar-refractivity contribution in [3.05, 3.63) is 71.9 Å². The first-order valence-electron chi connectivity index (χ1n) is 41.9. The lowest BCUT2D eigenvalue weighted by molar-refractivity contribution is -0.143. The minimum Gasteiger partial charge on any atom is -0.394 e. The number of fused-ring (bicyclic) bond motifs is 2. The van der Waals surface area contributed by atoms with Crippen LogP contribution in [0, 0.1) is 0 Å². The third-order valence-electron chi connectivity index (χ3n) is 20.9. The molecule has 0 radical (unpaired) electrons. The zero-order valence-corrected chi connectivity index (χ0v) is 69.2. The predicted molar refractivity (Wildman–Crippen MR) is 445 cm³/mol. The number of nitrogens with two attached hydrogens (primary N) is 6. The molecule has 15 amide bonds. The lowest BCUT2D eigenvalue weighted by Gasteiger charge is -2.31. The molecule has 0 bridgehead atoms. The van der Waals surface area contributed by atoms with Crippen molar-refractivity contribution >= 4 is 105 Å². The van der Waals surface area contributed by atoms with Crippen LogP contribution in [-0.2, 0) is 84.8 Å². The van der Waals surface area contributed by atoms with Crippen LogP contribution in [-0.4, -0.2) is 244 Å². The quantitative estimate of drug-likeness (QED) is 0.0150. The first-order valence-corrected chi connectivity index (χ1v) is 41.9. The molecule has 2 unspecified atom stereocenters. The number of nitrogens with one attached hydrogen (secondary N) is 13. The molecule has 5 rings (SSSR count). The number of aliphatic hydroxyl groups is 3. The third-order valence-corrected chi connectivity index (χ3v) is 20.9. The van der Waals surface area contributed by atoms with E-state index in [1.54, 1.807) is 55.6 Å². The fourth-order valence-electron chi connectivity index (χ4n) is 14.0. The largest absolute Gasteiger partial charge is 0.394 e. The molecular weight excluding hydrogens is 1560 g/mol. The van der Waals surface area contributed by atoms with Gasteiger partial charge >= 0.3 is 0 Å². The van der Waals surface area contributed by atoms with Crippen molar-refractivity contribution in [1.29, 1.82) is 0 Å². The second-order valence-electron chi connectivity index (χ2n) is 30.8. The lowest BCUT2D eigenvalue weighted by Crippen LogP contribution is -2.62. The highest BCUT2D eigenvalue weighted by Gasteiger charge is 2.44. The molecule has 2 aliphatic rings. The molecule has 3 heterocycles. The molecule has 1 aromatic heterocycles. The van der Waals surface area contributed by atoms with Crippen LogP contribution in [0.3, 0.4) is 0 Å². The van der Waals surface area contributed by atoms with Gasteiger partial charge in [0.25, 0.3) is 0 Å². The maximum absolute atomic E-state index is 15.3. The zero-order chi connectivity index (χ0) is 88.2. The monoisotopic (exact) mass is 1680 g/mol. The van der Waals surface area contributed by atoms with Crippen molar-refractivity contribution in [2.24, 2.45) is 39.4 Å². The number of hydrogen-bond donors (Lipinski definition) is 22. The van der Waals surface area contributed by atoms with Gasteiger partial charge in [-0.3, -0.25) is 76.9 Å². The average Bonchev–Trinajstić information content (AvgIpc) is 1.65. The van der Waals surface area contributed by atoms with E-state index in [-0.39, 0.29) is 89.8 Å². The van der Waals surface area contributed by atoms with Crippen LogP contribution >= 0.6 is 0 Å². The Bertz CT molecular complexity index is 3880.